The van der Waals surface area contributed by atoms with Crippen LogP contribution in [0.4, 0.5) is 5.82 Å². The first-order valence-electron chi connectivity index (χ1n) is 10.5. The van der Waals surface area contributed by atoms with Gasteiger partial charge >= 0.3 is 0 Å². The number of rotatable bonds is 7. The van der Waals surface area contributed by atoms with Crippen molar-refractivity contribution in [1.29, 1.82) is 0 Å². The standard InChI is InChI=1S/C24H24N4O3S2/c1-15(2)13-25-21-18(22(29)27-11-5-4-6-20(27)26-21)12-19-23(30)28(24(32)33-19)14-16-7-9-17(31-3)10-8-16/h4-12,15,25H,13-14H2,1-3H3/b19-12-. The molecule has 0 radical (unpaired) electrons. The molecule has 3 heterocycles. The number of thiocarbonyl (C=S) groups is 1. The van der Waals surface area contributed by atoms with E-state index >= 15 is 0 Å². The van der Waals surface area contributed by atoms with Gasteiger partial charge in [-0.1, -0.05) is 56.0 Å². The average Bonchev–Trinajstić information content (AvgIpc) is 3.07. The second kappa shape index (κ2) is 9.76. The lowest BCUT2D eigenvalue weighted by Crippen LogP contribution is -2.27. The molecule has 9 heteroatoms. The molecule has 0 spiro atoms. The molecular weight excluding hydrogens is 456 g/mol. The number of ether oxygens (including phenoxy) is 1. The number of methoxy groups -OCH3 is 1. The zero-order valence-electron chi connectivity index (χ0n) is 18.6. The summed E-state index contributed by atoms with van der Waals surface area (Å²) in [4.78, 5) is 33.0. The number of anilines is 1. The van der Waals surface area contributed by atoms with E-state index in [2.05, 4.69) is 24.1 Å². The van der Waals surface area contributed by atoms with Crippen LogP contribution in [0.25, 0.3) is 11.7 Å². The third-order valence-electron chi connectivity index (χ3n) is 5.10. The predicted octanol–water partition coefficient (Wildman–Crippen LogP) is 4.17. The Bertz CT molecular complexity index is 1300. The van der Waals surface area contributed by atoms with Crippen LogP contribution in [0.15, 0.2) is 58.4 Å². The fourth-order valence-corrected chi connectivity index (χ4v) is 4.59. The Morgan fingerprint density at radius 2 is 1.94 bits per heavy atom. The van der Waals surface area contributed by atoms with E-state index in [1.807, 2.05) is 30.3 Å². The molecule has 1 N–H and O–H groups in total. The maximum absolute atomic E-state index is 13.3. The molecule has 0 saturated carbocycles. The SMILES string of the molecule is COc1ccc(CN2C(=O)/C(=C/c3c(NCC(C)C)nc4ccccn4c3=O)SC2=S)cc1. The molecular formula is C24H24N4O3S2. The van der Waals surface area contributed by atoms with E-state index in [9.17, 15) is 9.59 Å². The fourth-order valence-electron chi connectivity index (χ4n) is 3.35. The minimum absolute atomic E-state index is 0.229. The third kappa shape index (κ3) is 4.94. The molecule has 0 unspecified atom stereocenters. The highest BCUT2D eigenvalue weighted by Crippen LogP contribution is 2.34. The van der Waals surface area contributed by atoms with Crippen LogP contribution < -0.4 is 15.6 Å². The number of carbonyl (C=O) groups excluding carboxylic acids is 1. The second-order valence-electron chi connectivity index (χ2n) is 8.00. The van der Waals surface area contributed by atoms with Crippen molar-refractivity contribution in [1.82, 2.24) is 14.3 Å². The molecule has 0 bridgehead atoms. The molecule has 170 valence electrons. The largest absolute Gasteiger partial charge is 0.497 e. The van der Waals surface area contributed by atoms with Gasteiger partial charge in [-0.05, 0) is 41.8 Å². The lowest BCUT2D eigenvalue weighted by atomic mass is 10.2. The van der Waals surface area contributed by atoms with Crippen LogP contribution in [0.3, 0.4) is 0 Å². The Balaban J connectivity index is 1.68. The molecule has 2 aromatic heterocycles. The van der Waals surface area contributed by atoms with E-state index in [0.717, 1.165) is 11.3 Å². The molecule has 4 rings (SSSR count). The van der Waals surface area contributed by atoms with Crippen molar-refractivity contribution in [3.05, 3.63) is 75.0 Å². The molecule has 33 heavy (non-hydrogen) atoms. The number of pyridine rings is 1. The highest BCUT2D eigenvalue weighted by molar-refractivity contribution is 8.26. The predicted molar refractivity (Wildman–Crippen MR) is 136 cm³/mol. The monoisotopic (exact) mass is 480 g/mol. The normalized spacial score (nSPS) is 15.2. The summed E-state index contributed by atoms with van der Waals surface area (Å²) in [6, 6.07) is 12.9. The fraction of sp³-hybridized carbons (Fsp3) is 0.250. The highest BCUT2D eigenvalue weighted by atomic mass is 32.2. The molecule has 0 aliphatic carbocycles. The summed E-state index contributed by atoms with van der Waals surface area (Å²) in [6.45, 7) is 5.14. The number of nitrogens with zero attached hydrogens (tertiary/aromatic N) is 3. The Hall–Kier alpha value is -3.17. The van der Waals surface area contributed by atoms with Gasteiger partial charge in [0.15, 0.2) is 0 Å². The van der Waals surface area contributed by atoms with E-state index < -0.39 is 0 Å². The molecule has 1 amide bonds. The van der Waals surface area contributed by atoms with Gasteiger partial charge in [-0.2, -0.15) is 0 Å². The summed E-state index contributed by atoms with van der Waals surface area (Å²) in [6.07, 6.45) is 3.27. The van der Waals surface area contributed by atoms with Crippen molar-refractivity contribution in [3.8, 4) is 5.75 Å². The van der Waals surface area contributed by atoms with E-state index in [1.165, 1.54) is 16.2 Å². The average molecular weight is 481 g/mol. The topological polar surface area (TPSA) is 75.9 Å². The lowest BCUT2D eigenvalue weighted by Gasteiger charge is -2.15. The number of aromatic nitrogens is 2. The number of thioether (sulfide) groups is 1. The molecule has 0 atom stereocenters. The van der Waals surface area contributed by atoms with Gasteiger partial charge in [-0.3, -0.25) is 18.9 Å². The summed E-state index contributed by atoms with van der Waals surface area (Å²) >= 11 is 6.67. The molecule has 1 aliphatic heterocycles. The van der Waals surface area contributed by atoms with E-state index in [0.29, 0.717) is 45.3 Å². The van der Waals surface area contributed by atoms with Crippen LogP contribution in [-0.2, 0) is 11.3 Å². The van der Waals surface area contributed by atoms with Crippen molar-refractivity contribution >= 4 is 51.7 Å². The van der Waals surface area contributed by atoms with Gasteiger partial charge < -0.3 is 10.1 Å². The summed E-state index contributed by atoms with van der Waals surface area (Å²) in [7, 11) is 1.61. The molecule has 1 aliphatic rings. The minimum atomic E-state index is -0.243. The molecule has 1 aromatic carbocycles. The van der Waals surface area contributed by atoms with Crippen LogP contribution in [0, 0.1) is 5.92 Å². The zero-order chi connectivity index (χ0) is 23.5. The lowest BCUT2D eigenvalue weighted by molar-refractivity contribution is -0.122. The van der Waals surface area contributed by atoms with Gasteiger partial charge in [0.05, 0.1) is 24.1 Å². The molecule has 3 aromatic rings. The number of nitrogens with one attached hydrogen (secondary N) is 1. The first kappa shape index (κ1) is 23.0. The van der Waals surface area contributed by atoms with Crippen LogP contribution >= 0.6 is 24.0 Å². The third-order valence-corrected chi connectivity index (χ3v) is 6.47. The first-order chi connectivity index (χ1) is 15.9. The number of benzene rings is 1. The van der Waals surface area contributed by atoms with Crippen LogP contribution in [0.1, 0.15) is 25.0 Å². The zero-order valence-corrected chi connectivity index (χ0v) is 20.2. The minimum Gasteiger partial charge on any atom is -0.497 e. The number of fused-ring (bicyclic) bond motifs is 1. The summed E-state index contributed by atoms with van der Waals surface area (Å²) in [5.41, 5.74) is 1.56. The van der Waals surface area contributed by atoms with Crippen LogP contribution in [0.5, 0.6) is 5.75 Å². The number of hydrogen-bond donors (Lipinski definition) is 1. The van der Waals surface area contributed by atoms with Gasteiger partial charge in [0.25, 0.3) is 11.5 Å². The Morgan fingerprint density at radius 3 is 2.64 bits per heavy atom. The maximum atomic E-state index is 13.3. The number of carbonyl (C=O) groups is 1. The summed E-state index contributed by atoms with van der Waals surface area (Å²) in [5.74, 6) is 1.33. The Kier molecular flexibility index (Phi) is 6.80. The van der Waals surface area contributed by atoms with Crippen molar-refractivity contribution in [3.63, 3.8) is 0 Å². The van der Waals surface area contributed by atoms with Crippen molar-refractivity contribution < 1.29 is 9.53 Å². The van der Waals surface area contributed by atoms with Gasteiger partial charge in [0.1, 0.15) is 21.5 Å². The maximum Gasteiger partial charge on any atom is 0.267 e. The summed E-state index contributed by atoms with van der Waals surface area (Å²) < 4.78 is 7.12. The van der Waals surface area contributed by atoms with Crippen LogP contribution in [-0.4, -0.2) is 38.2 Å². The van der Waals surface area contributed by atoms with E-state index in [1.54, 1.807) is 36.4 Å². The highest BCUT2D eigenvalue weighted by Gasteiger charge is 2.32. The second-order valence-corrected chi connectivity index (χ2v) is 9.67. The number of hydrogen-bond acceptors (Lipinski definition) is 7. The van der Waals surface area contributed by atoms with Gasteiger partial charge in [0.2, 0.25) is 0 Å². The van der Waals surface area contributed by atoms with Gasteiger partial charge in [-0.15, -0.1) is 0 Å². The Labute approximate surface area is 201 Å². The number of amides is 1. The van der Waals surface area contributed by atoms with Crippen molar-refractivity contribution in [2.45, 2.75) is 20.4 Å². The molecule has 7 nitrogen and oxygen atoms in total. The van der Waals surface area contributed by atoms with E-state index in [4.69, 9.17) is 17.0 Å². The van der Waals surface area contributed by atoms with Crippen LogP contribution in [0.2, 0.25) is 0 Å². The smallest absolute Gasteiger partial charge is 0.267 e. The first-order valence-corrected chi connectivity index (χ1v) is 11.7. The molecule has 1 fully saturated rings. The van der Waals surface area contributed by atoms with Gasteiger partial charge in [-0.25, -0.2) is 4.98 Å². The van der Waals surface area contributed by atoms with Crippen molar-refractivity contribution in [2.24, 2.45) is 5.92 Å². The summed E-state index contributed by atoms with van der Waals surface area (Å²) in [5, 5.41) is 3.26. The van der Waals surface area contributed by atoms with E-state index in [-0.39, 0.29) is 11.5 Å². The molecule has 1 saturated heterocycles. The van der Waals surface area contributed by atoms with Crippen molar-refractivity contribution in [2.75, 3.05) is 19.0 Å². The Morgan fingerprint density at radius 1 is 1.18 bits per heavy atom. The van der Waals surface area contributed by atoms with Gasteiger partial charge in [0, 0.05) is 12.7 Å². The quantitative estimate of drug-likeness (QED) is 0.402.